The highest BCUT2D eigenvalue weighted by Crippen LogP contribution is 2.32. The quantitative estimate of drug-likeness (QED) is 0.812. The summed E-state index contributed by atoms with van der Waals surface area (Å²) >= 11 is 0. The van der Waals surface area contributed by atoms with Gasteiger partial charge in [0.25, 0.3) is 0 Å². The molecule has 3 heteroatoms. The van der Waals surface area contributed by atoms with E-state index in [0.717, 1.165) is 5.69 Å². The van der Waals surface area contributed by atoms with Crippen molar-refractivity contribution in [2.45, 2.75) is 32.2 Å². The molecule has 1 aliphatic rings. The summed E-state index contributed by atoms with van der Waals surface area (Å²) in [5, 5.41) is 2.86. The van der Waals surface area contributed by atoms with Gasteiger partial charge in [0.15, 0.2) is 0 Å². The Kier molecular flexibility index (Phi) is 3.25. The number of nitrogens with one attached hydrogen (secondary N) is 1. The van der Waals surface area contributed by atoms with E-state index in [1.165, 1.54) is 18.4 Å². The van der Waals surface area contributed by atoms with Crippen LogP contribution in [0.2, 0.25) is 0 Å². The van der Waals surface area contributed by atoms with Gasteiger partial charge in [0.05, 0.1) is 0 Å². The van der Waals surface area contributed by atoms with Crippen LogP contribution in [0.15, 0.2) is 24.3 Å². The van der Waals surface area contributed by atoms with Gasteiger partial charge in [-0.3, -0.25) is 4.79 Å². The SMILES string of the molecule is Cc1ccc(NC(=O)CC(N)C2CC2)cc1. The summed E-state index contributed by atoms with van der Waals surface area (Å²) in [6.45, 7) is 2.02. The van der Waals surface area contributed by atoms with E-state index in [1.807, 2.05) is 31.2 Å². The summed E-state index contributed by atoms with van der Waals surface area (Å²) in [5.41, 5.74) is 7.93. The van der Waals surface area contributed by atoms with Crippen LogP contribution in [0.1, 0.15) is 24.8 Å². The molecule has 0 saturated heterocycles. The number of nitrogens with two attached hydrogens (primary N) is 1. The van der Waals surface area contributed by atoms with Crippen LogP contribution in [0.5, 0.6) is 0 Å². The molecule has 1 saturated carbocycles. The largest absolute Gasteiger partial charge is 0.327 e. The van der Waals surface area contributed by atoms with Crippen LogP contribution in [0, 0.1) is 12.8 Å². The molecule has 86 valence electrons. The van der Waals surface area contributed by atoms with Crippen LogP contribution in [-0.4, -0.2) is 11.9 Å². The Morgan fingerprint density at radius 3 is 2.62 bits per heavy atom. The average molecular weight is 218 g/mol. The number of anilines is 1. The van der Waals surface area contributed by atoms with Crippen LogP contribution in [0.3, 0.4) is 0 Å². The second-order valence-corrected chi connectivity index (χ2v) is 4.62. The third-order valence-corrected chi connectivity index (χ3v) is 2.98. The van der Waals surface area contributed by atoms with Crippen molar-refractivity contribution in [3.8, 4) is 0 Å². The van der Waals surface area contributed by atoms with Gasteiger partial charge in [-0.25, -0.2) is 0 Å². The lowest BCUT2D eigenvalue weighted by Gasteiger charge is -2.10. The first-order chi connectivity index (χ1) is 7.65. The minimum absolute atomic E-state index is 0.0169. The Morgan fingerprint density at radius 1 is 1.44 bits per heavy atom. The van der Waals surface area contributed by atoms with Crippen molar-refractivity contribution in [1.82, 2.24) is 0 Å². The molecule has 1 aliphatic carbocycles. The molecule has 1 atom stereocenters. The highest BCUT2D eigenvalue weighted by Gasteiger charge is 2.29. The second kappa shape index (κ2) is 4.66. The van der Waals surface area contributed by atoms with Crippen molar-refractivity contribution in [2.75, 3.05) is 5.32 Å². The summed E-state index contributed by atoms with van der Waals surface area (Å²) < 4.78 is 0. The summed E-state index contributed by atoms with van der Waals surface area (Å²) in [7, 11) is 0. The molecule has 0 spiro atoms. The highest BCUT2D eigenvalue weighted by molar-refractivity contribution is 5.91. The molecule has 1 unspecified atom stereocenters. The van der Waals surface area contributed by atoms with Crippen molar-refractivity contribution in [3.63, 3.8) is 0 Å². The van der Waals surface area contributed by atoms with Gasteiger partial charge >= 0.3 is 0 Å². The molecule has 3 nitrogen and oxygen atoms in total. The monoisotopic (exact) mass is 218 g/mol. The fraction of sp³-hybridized carbons (Fsp3) is 0.462. The number of rotatable bonds is 4. The molecule has 0 radical (unpaired) electrons. The third-order valence-electron chi connectivity index (χ3n) is 2.98. The Labute approximate surface area is 96.0 Å². The lowest BCUT2D eigenvalue weighted by molar-refractivity contribution is -0.116. The first-order valence-corrected chi connectivity index (χ1v) is 5.77. The Hall–Kier alpha value is -1.35. The molecule has 0 bridgehead atoms. The fourth-order valence-corrected chi connectivity index (χ4v) is 1.75. The minimum Gasteiger partial charge on any atom is -0.327 e. The van der Waals surface area contributed by atoms with Crippen LogP contribution in [-0.2, 0) is 4.79 Å². The van der Waals surface area contributed by atoms with E-state index in [4.69, 9.17) is 5.73 Å². The zero-order valence-electron chi connectivity index (χ0n) is 9.57. The average Bonchev–Trinajstić information content (AvgIpc) is 3.04. The number of benzene rings is 1. The summed E-state index contributed by atoms with van der Waals surface area (Å²) in [6.07, 6.45) is 2.79. The highest BCUT2D eigenvalue weighted by atomic mass is 16.1. The fourth-order valence-electron chi connectivity index (χ4n) is 1.75. The topological polar surface area (TPSA) is 55.1 Å². The van der Waals surface area contributed by atoms with Crippen molar-refractivity contribution in [3.05, 3.63) is 29.8 Å². The number of carbonyl (C=O) groups is 1. The molecule has 2 rings (SSSR count). The van der Waals surface area contributed by atoms with Gasteiger partial charge < -0.3 is 11.1 Å². The van der Waals surface area contributed by atoms with Gasteiger partial charge in [-0.15, -0.1) is 0 Å². The molecule has 16 heavy (non-hydrogen) atoms. The normalized spacial score (nSPS) is 16.9. The molecule has 1 fully saturated rings. The van der Waals surface area contributed by atoms with Gasteiger partial charge in [-0.2, -0.15) is 0 Å². The Balaban J connectivity index is 1.84. The molecule has 0 aliphatic heterocycles. The third kappa shape index (κ3) is 3.07. The van der Waals surface area contributed by atoms with E-state index in [9.17, 15) is 4.79 Å². The predicted octanol–water partition coefficient (Wildman–Crippen LogP) is 2.06. The molecular formula is C13H18N2O. The summed E-state index contributed by atoms with van der Waals surface area (Å²) in [6, 6.07) is 7.82. The zero-order valence-corrected chi connectivity index (χ0v) is 9.57. The molecule has 0 aromatic heterocycles. The molecule has 1 aromatic rings. The molecule has 0 heterocycles. The molecule has 3 N–H and O–H groups in total. The lowest BCUT2D eigenvalue weighted by atomic mass is 10.1. The number of hydrogen-bond donors (Lipinski definition) is 2. The lowest BCUT2D eigenvalue weighted by Crippen LogP contribution is -2.28. The van der Waals surface area contributed by atoms with Crippen molar-refractivity contribution in [1.29, 1.82) is 0 Å². The van der Waals surface area contributed by atoms with Crippen LogP contribution in [0.4, 0.5) is 5.69 Å². The zero-order chi connectivity index (χ0) is 11.5. The van der Waals surface area contributed by atoms with Gasteiger partial charge in [0.1, 0.15) is 0 Å². The number of amides is 1. The van der Waals surface area contributed by atoms with Gasteiger partial charge in [-0.1, -0.05) is 17.7 Å². The predicted molar refractivity (Wildman–Crippen MR) is 65.1 cm³/mol. The van der Waals surface area contributed by atoms with Gasteiger partial charge in [-0.05, 0) is 37.8 Å². The number of carbonyl (C=O) groups excluding carboxylic acids is 1. The van der Waals surface area contributed by atoms with Gasteiger partial charge in [0, 0.05) is 18.2 Å². The smallest absolute Gasteiger partial charge is 0.225 e. The van der Waals surface area contributed by atoms with Crippen molar-refractivity contribution >= 4 is 11.6 Å². The Bertz CT molecular complexity index is 368. The summed E-state index contributed by atoms with van der Waals surface area (Å²) in [5.74, 6) is 0.590. The second-order valence-electron chi connectivity index (χ2n) is 4.62. The maximum absolute atomic E-state index is 11.6. The van der Waals surface area contributed by atoms with Crippen molar-refractivity contribution < 1.29 is 4.79 Å². The van der Waals surface area contributed by atoms with Gasteiger partial charge in [0.2, 0.25) is 5.91 Å². The van der Waals surface area contributed by atoms with E-state index < -0.39 is 0 Å². The first kappa shape index (κ1) is 11.1. The van der Waals surface area contributed by atoms with E-state index >= 15 is 0 Å². The molecule has 1 amide bonds. The van der Waals surface area contributed by atoms with Crippen LogP contribution >= 0.6 is 0 Å². The maximum atomic E-state index is 11.6. The van der Waals surface area contributed by atoms with E-state index in [2.05, 4.69) is 5.32 Å². The van der Waals surface area contributed by atoms with E-state index in [1.54, 1.807) is 0 Å². The maximum Gasteiger partial charge on any atom is 0.225 e. The standard InChI is InChI=1S/C13H18N2O/c1-9-2-6-11(7-3-9)15-13(16)8-12(14)10-4-5-10/h2-3,6-7,10,12H,4-5,8,14H2,1H3,(H,15,16). The minimum atomic E-state index is 0.0169. The molecule has 1 aromatic carbocycles. The Morgan fingerprint density at radius 2 is 2.06 bits per heavy atom. The van der Waals surface area contributed by atoms with E-state index in [-0.39, 0.29) is 11.9 Å². The van der Waals surface area contributed by atoms with E-state index in [0.29, 0.717) is 12.3 Å². The van der Waals surface area contributed by atoms with Crippen LogP contribution < -0.4 is 11.1 Å². The van der Waals surface area contributed by atoms with Crippen LogP contribution in [0.25, 0.3) is 0 Å². The number of hydrogen-bond acceptors (Lipinski definition) is 2. The first-order valence-electron chi connectivity index (χ1n) is 5.77. The summed E-state index contributed by atoms with van der Waals surface area (Å²) in [4.78, 5) is 11.6. The molecular weight excluding hydrogens is 200 g/mol. The van der Waals surface area contributed by atoms with Crippen molar-refractivity contribution in [2.24, 2.45) is 11.7 Å². The number of aryl methyl sites for hydroxylation is 1.